The molecule has 2 amide bonds. The molecular formula is C26H34N2O7. The van der Waals surface area contributed by atoms with E-state index in [0.717, 1.165) is 11.4 Å². The van der Waals surface area contributed by atoms with Crippen molar-refractivity contribution in [1.82, 2.24) is 0 Å². The highest BCUT2D eigenvalue weighted by Gasteiger charge is 2.17. The number of ether oxygens (including phenoxy) is 5. The van der Waals surface area contributed by atoms with Crippen molar-refractivity contribution >= 4 is 23.2 Å². The van der Waals surface area contributed by atoms with Crippen LogP contribution in [0.4, 0.5) is 11.4 Å². The monoisotopic (exact) mass is 486 g/mol. The summed E-state index contributed by atoms with van der Waals surface area (Å²) in [5.74, 6) is -0.351. The van der Waals surface area contributed by atoms with Crippen LogP contribution in [0.1, 0.15) is 0 Å². The third-order valence-corrected chi connectivity index (χ3v) is 5.22. The lowest BCUT2D eigenvalue weighted by molar-refractivity contribution is -0.126. The largest absolute Gasteiger partial charge is 0.377 e. The summed E-state index contributed by atoms with van der Waals surface area (Å²) in [5.41, 5.74) is 1.55. The minimum atomic E-state index is -0.176. The third kappa shape index (κ3) is 9.75. The van der Waals surface area contributed by atoms with Crippen LogP contribution >= 0.6 is 0 Å². The number of carbonyl (C=O) groups is 2. The van der Waals surface area contributed by atoms with Crippen molar-refractivity contribution in [2.24, 2.45) is 0 Å². The summed E-state index contributed by atoms with van der Waals surface area (Å²) < 4.78 is 27.9. The quantitative estimate of drug-likeness (QED) is 0.643. The van der Waals surface area contributed by atoms with Gasteiger partial charge in [0.15, 0.2) is 0 Å². The van der Waals surface area contributed by atoms with E-state index in [0.29, 0.717) is 52.7 Å². The number of hydrogen-bond donors (Lipinski definition) is 0. The van der Waals surface area contributed by atoms with Crippen LogP contribution in [-0.2, 0) is 33.3 Å². The molecule has 0 spiro atoms. The fraction of sp³-hybridized carbons (Fsp3) is 0.462. The Kier molecular flexibility index (Phi) is 12.2. The number of rotatable bonds is 2. The summed E-state index contributed by atoms with van der Waals surface area (Å²) in [6, 6.07) is 18.8. The Bertz CT molecular complexity index is 795. The molecule has 9 nitrogen and oxygen atoms in total. The molecule has 190 valence electrons. The van der Waals surface area contributed by atoms with Gasteiger partial charge in [0.25, 0.3) is 11.8 Å². The van der Waals surface area contributed by atoms with Gasteiger partial charge in [0.1, 0.15) is 13.2 Å². The number of benzene rings is 2. The molecule has 0 unspecified atom stereocenters. The summed E-state index contributed by atoms with van der Waals surface area (Å²) in [4.78, 5) is 28.9. The zero-order chi connectivity index (χ0) is 24.6. The van der Waals surface area contributed by atoms with Crippen LogP contribution in [-0.4, -0.2) is 91.0 Å². The average molecular weight is 487 g/mol. The maximum Gasteiger partial charge on any atom is 0.253 e. The Morgan fingerprint density at radius 2 is 0.800 bits per heavy atom. The first-order valence-electron chi connectivity index (χ1n) is 11.9. The lowest BCUT2D eigenvalue weighted by Crippen LogP contribution is -2.37. The topological polar surface area (TPSA) is 86.8 Å². The zero-order valence-corrected chi connectivity index (χ0v) is 20.0. The molecule has 1 saturated heterocycles. The van der Waals surface area contributed by atoms with Crippen LogP contribution in [0.2, 0.25) is 0 Å². The first-order valence-corrected chi connectivity index (χ1v) is 11.9. The van der Waals surface area contributed by atoms with E-state index in [2.05, 4.69) is 0 Å². The molecule has 0 atom stereocenters. The highest BCUT2D eigenvalue weighted by molar-refractivity contribution is 5.94. The Balaban J connectivity index is 1.56. The second-order valence-corrected chi connectivity index (χ2v) is 7.70. The van der Waals surface area contributed by atoms with E-state index in [1.54, 1.807) is 9.80 Å². The molecule has 3 rings (SSSR count). The van der Waals surface area contributed by atoms with E-state index >= 15 is 0 Å². The molecule has 0 aromatic heterocycles. The molecule has 0 radical (unpaired) electrons. The van der Waals surface area contributed by atoms with Crippen LogP contribution in [0.25, 0.3) is 0 Å². The summed E-state index contributed by atoms with van der Waals surface area (Å²) in [6.45, 7) is 3.45. The number of para-hydroxylation sites is 2. The molecule has 0 bridgehead atoms. The Labute approximate surface area is 206 Å². The molecule has 0 aliphatic carbocycles. The van der Waals surface area contributed by atoms with Crippen LogP contribution in [0.5, 0.6) is 0 Å². The number of carbonyl (C=O) groups excluding carboxylic acids is 2. The summed E-state index contributed by atoms with van der Waals surface area (Å²) in [7, 11) is 0. The lowest BCUT2D eigenvalue weighted by atomic mass is 10.3. The Hall–Kier alpha value is -2.82. The minimum Gasteiger partial charge on any atom is -0.377 e. The number of nitrogens with zero attached hydrogens (tertiary/aromatic N) is 2. The molecule has 1 fully saturated rings. The van der Waals surface area contributed by atoms with Gasteiger partial charge in [-0.25, -0.2) is 0 Å². The molecule has 2 aromatic carbocycles. The molecule has 1 heterocycles. The van der Waals surface area contributed by atoms with Gasteiger partial charge in [0, 0.05) is 24.5 Å². The fourth-order valence-electron chi connectivity index (χ4n) is 3.46. The second kappa shape index (κ2) is 16.0. The Morgan fingerprint density at radius 1 is 0.457 bits per heavy atom. The lowest BCUT2D eigenvalue weighted by Gasteiger charge is -2.23. The standard InChI is InChI=1S/C26H34N2O7/c29-25-21-34-19-20-35-22-26(30)28(24-9-5-2-6-10-24)12-14-32-16-18-33-17-15-31-13-11-27(25)23-7-3-1-4-8-23/h1-10H,11-22H2. The van der Waals surface area contributed by atoms with Crippen molar-refractivity contribution in [3.8, 4) is 0 Å². The molecule has 0 saturated carbocycles. The SMILES string of the molecule is O=C1COCCOCC(=O)N(c2ccccc2)CCOCCOCCOCCN1c1ccccc1. The van der Waals surface area contributed by atoms with Gasteiger partial charge in [-0.1, -0.05) is 36.4 Å². The van der Waals surface area contributed by atoms with E-state index in [-0.39, 0.29) is 38.2 Å². The van der Waals surface area contributed by atoms with Crippen molar-refractivity contribution in [3.05, 3.63) is 60.7 Å². The van der Waals surface area contributed by atoms with Gasteiger partial charge in [0.2, 0.25) is 0 Å². The van der Waals surface area contributed by atoms with Gasteiger partial charge >= 0.3 is 0 Å². The molecule has 1 aliphatic heterocycles. The molecule has 35 heavy (non-hydrogen) atoms. The highest BCUT2D eigenvalue weighted by Crippen LogP contribution is 2.14. The molecule has 1 aliphatic rings. The molecule has 2 aromatic rings. The minimum absolute atomic E-state index is 0.0945. The van der Waals surface area contributed by atoms with Crippen LogP contribution < -0.4 is 9.80 Å². The Morgan fingerprint density at radius 3 is 1.20 bits per heavy atom. The number of hydrogen-bond acceptors (Lipinski definition) is 7. The normalized spacial score (nSPS) is 19.2. The van der Waals surface area contributed by atoms with Gasteiger partial charge in [0.05, 0.1) is 52.9 Å². The van der Waals surface area contributed by atoms with Gasteiger partial charge < -0.3 is 33.5 Å². The maximum absolute atomic E-state index is 12.8. The molecule has 9 heteroatoms. The first-order chi connectivity index (χ1) is 17.3. The van der Waals surface area contributed by atoms with Gasteiger partial charge in [-0.2, -0.15) is 0 Å². The third-order valence-electron chi connectivity index (χ3n) is 5.22. The summed E-state index contributed by atoms with van der Waals surface area (Å²) >= 11 is 0. The van der Waals surface area contributed by atoms with Crippen molar-refractivity contribution in [3.63, 3.8) is 0 Å². The summed E-state index contributed by atoms with van der Waals surface area (Å²) in [5, 5.41) is 0. The van der Waals surface area contributed by atoms with Crippen molar-refractivity contribution < 1.29 is 33.3 Å². The predicted octanol–water partition coefficient (Wildman–Crippen LogP) is 2.15. The second-order valence-electron chi connectivity index (χ2n) is 7.70. The van der Waals surface area contributed by atoms with Crippen molar-refractivity contribution in [2.45, 2.75) is 0 Å². The first kappa shape index (κ1) is 26.8. The van der Waals surface area contributed by atoms with E-state index < -0.39 is 0 Å². The number of amides is 2. The van der Waals surface area contributed by atoms with E-state index in [4.69, 9.17) is 23.7 Å². The average Bonchev–Trinajstić information content (AvgIpc) is 2.89. The van der Waals surface area contributed by atoms with Crippen LogP contribution in [0.3, 0.4) is 0 Å². The van der Waals surface area contributed by atoms with Crippen molar-refractivity contribution in [2.75, 3.05) is 89.0 Å². The van der Waals surface area contributed by atoms with Crippen LogP contribution in [0.15, 0.2) is 60.7 Å². The summed E-state index contributed by atoms with van der Waals surface area (Å²) in [6.07, 6.45) is 0. The number of anilines is 2. The molecular weight excluding hydrogens is 452 g/mol. The van der Waals surface area contributed by atoms with Crippen molar-refractivity contribution in [1.29, 1.82) is 0 Å². The maximum atomic E-state index is 12.8. The van der Waals surface area contributed by atoms with Gasteiger partial charge in [-0.15, -0.1) is 0 Å². The van der Waals surface area contributed by atoms with Gasteiger partial charge in [-0.05, 0) is 24.3 Å². The van der Waals surface area contributed by atoms with Crippen LogP contribution in [0, 0.1) is 0 Å². The highest BCUT2D eigenvalue weighted by atomic mass is 16.5. The van der Waals surface area contributed by atoms with Gasteiger partial charge in [-0.3, -0.25) is 9.59 Å². The smallest absolute Gasteiger partial charge is 0.253 e. The predicted molar refractivity (Wildman–Crippen MR) is 132 cm³/mol. The van der Waals surface area contributed by atoms with E-state index in [9.17, 15) is 9.59 Å². The fourth-order valence-corrected chi connectivity index (χ4v) is 3.46. The molecule has 0 N–H and O–H groups in total. The van der Waals surface area contributed by atoms with E-state index in [1.807, 2.05) is 60.7 Å². The van der Waals surface area contributed by atoms with E-state index in [1.165, 1.54) is 0 Å². The zero-order valence-electron chi connectivity index (χ0n) is 20.0.